The first-order valence-electron chi connectivity index (χ1n) is 6.83. The standard InChI is InChI=1S/C16H16N4O2/c1-10-8-14-11(2)18-16(19-15(14)22-10)20-17-9-12-4-6-13(21-3)7-5-12/h4-9H,1-3H3,(H,18,19,20)/b17-9-. The van der Waals surface area contributed by atoms with Crippen molar-refractivity contribution in [3.63, 3.8) is 0 Å². The van der Waals surface area contributed by atoms with E-state index in [-0.39, 0.29) is 0 Å². The molecule has 1 aromatic carbocycles. The quantitative estimate of drug-likeness (QED) is 0.591. The van der Waals surface area contributed by atoms with Crippen LogP contribution >= 0.6 is 0 Å². The predicted octanol–water partition coefficient (Wildman–Crippen LogP) is 3.29. The second-order valence-corrected chi connectivity index (χ2v) is 4.85. The minimum Gasteiger partial charge on any atom is -0.497 e. The van der Waals surface area contributed by atoms with Crippen LogP contribution in [0.25, 0.3) is 11.1 Å². The summed E-state index contributed by atoms with van der Waals surface area (Å²) in [4.78, 5) is 8.65. The van der Waals surface area contributed by atoms with Gasteiger partial charge in [-0.15, -0.1) is 0 Å². The zero-order valence-corrected chi connectivity index (χ0v) is 12.6. The maximum Gasteiger partial charge on any atom is 0.247 e. The monoisotopic (exact) mass is 296 g/mol. The number of aromatic nitrogens is 2. The number of nitrogens with one attached hydrogen (secondary N) is 1. The van der Waals surface area contributed by atoms with Crippen LogP contribution in [-0.2, 0) is 0 Å². The molecule has 3 rings (SSSR count). The molecule has 0 aliphatic carbocycles. The number of nitrogens with zero attached hydrogens (tertiary/aromatic N) is 3. The van der Waals surface area contributed by atoms with E-state index in [4.69, 9.17) is 9.15 Å². The van der Waals surface area contributed by atoms with Crippen molar-refractivity contribution in [2.24, 2.45) is 5.10 Å². The maximum atomic E-state index is 5.52. The Hall–Kier alpha value is -2.89. The van der Waals surface area contributed by atoms with Crippen molar-refractivity contribution in [3.05, 3.63) is 47.3 Å². The molecule has 0 unspecified atom stereocenters. The van der Waals surface area contributed by atoms with E-state index in [1.165, 1.54) is 0 Å². The van der Waals surface area contributed by atoms with Gasteiger partial charge in [-0.05, 0) is 49.7 Å². The number of ether oxygens (including phenoxy) is 1. The van der Waals surface area contributed by atoms with Gasteiger partial charge >= 0.3 is 0 Å². The van der Waals surface area contributed by atoms with E-state index in [1.54, 1.807) is 13.3 Å². The summed E-state index contributed by atoms with van der Waals surface area (Å²) in [6, 6.07) is 9.50. The molecule has 0 spiro atoms. The Labute approximate surface area is 127 Å². The van der Waals surface area contributed by atoms with Gasteiger partial charge in [0.1, 0.15) is 11.5 Å². The summed E-state index contributed by atoms with van der Waals surface area (Å²) in [6.45, 7) is 3.80. The van der Waals surface area contributed by atoms with E-state index in [1.807, 2.05) is 44.2 Å². The molecule has 0 atom stereocenters. The molecule has 6 nitrogen and oxygen atoms in total. The van der Waals surface area contributed by atoms with Crippen molar-refractivity contribution in [2.75, 3.05) is 12.5 Å². The third-order valence-corrected chi connectivity index (χ3v) is 3.20. The molecule has 2 aromatic heterocycles. The Morgan fingerprint density at radius 1 is 1.18 bits per heavy atom. The first kappa shape index (κ1) is 14.1. The van der Waals surface area contributed by atoms with E-state index in [0.717, 1.165) is 28.2 Å². The molecule has 0 bridgehead atoms. The van der Waals surface area contributed by atoms with Gasteiger partial charge in [-0.3, -0.25) is 0 Å². The van der Waals surface area contributed by atoms with Gasteiger partial charge in [0.2, 0.25) is 11.7 Å². The molecular weight excluding hydrogens is 280 g/mol. The number of hydrazone groups is 1. The molecule has 0 saturated carbocycles. The fraction of sp³-hybridized carbons (Fsp3) is 0.188. The number of aryl methyl sites for hydroxylation is 2. The van der Waals surface area contributed by atoms with Gasteiger partial charge in [0.25, 0.3) is 0 Å². The summed E-state index contributed by atoms with van der Waals surface area (Å²) in [5.74, 6) is 2.03. The number of fused-ring (bicyclic) bond motifs is 1. The van der Waals surface area contributed by atoms with Crippen LogP contribution in [0.5, 0.6) is 5.75 Å². The van der Waals surface area contributed by atoms with Crippen LogP contribution < -0.4 is 10.2 Å². The SMILES string of the molecule is COc1ccc(/C=N\Nc2nc(C)c3cc(C)oc3n2)cc1. The molecule has 0 radical (unpaired) electrons. The highest BCUT2D eigenvalue weighted by atomic mass is 16.5. The largest absolute Gasteiger partial charge is 0.497 e. The Bertz CT molecular complexity index is 822. The first-order chi connectivity index (χ1) is 10.7. The number of furan rings is 1. The van der Waals surface area contributed by atoms with Crippen molar-refractivity contribution >= 4 is 23.3 Å². The third kappa shape index (κ3) is 2.90. The molecule has 2 heterocycles. The van der Waals surface area contributed by atoms with E-state index in [2.05, 4.69) is 20.5 Å². The fourth-order valence-electron chi connectivity index (χ4n) is 2.09. The first-order valence-corrected chi connectivity index (χ1v) is 6.83. The van der Waals surface area contributed by atoms with Crippen molar-refractivity contribution in [1.29, 1.82) is 0 Å². The molecule has 0 aliphatic rings. The average molecular weight is 296 g/mol. The van der Waals surface area contributed by atoms with E-state index in [0.29, 0.717) is 11.7 Å². The summed E-state index contributed by atoms with van der Waals surface area (Å²) >= 11 is 0. The van der Waals surface area contributed by atoms with E-state index in [9.17, 15) is 0 Å². The van der Waals surface area contributed by atoms with Crippen LogP contribution in [-0.4, -0.2) is 23.3 Å². The molecule has 22 heavy (non-hydrogen) atoms. The Balaban J connectivity index is 1.76. The van der Waals surface area contributed by atoms with Gasteiger partial charge in [0, 0.05) is 0 Å². The van der Waals surface area contributed by atoms with Crippen molar-refractivity contribution < 1.29 is 9.15 Å². The lowest BCUT2D eigenvalue weighted by atomic mass is 10.2. The van der Waals surface area contributed by atoms with Gasteiger partial charge < -0.3 is 9.15 Å². The lowest BCUT2D eigenvalue weighted by Gasteiger charge is -2.01. The molecule has 0 amide bonds. The Morgan fingerprint density at radius 2 is 1.95 bits per heavy atom. The number of methoxy groups -OCH3 is 1. The molecular formula is C16H16N4O2. The average Bonchev–Trinajstić information content (AvgIpc) is 2.89. The molecule has 0 saturated heterocycles. The highest BCUT2D eigenvalue weighted by Gasteiger charge is 2.08. The van der Waals surface area contributed by atoms with Crippen LogP contribution in [0, 0.1) is 13.8 Å². The summed E-state index contributed by atoms with van der Waals surface area (Å²) in [6.07, 6.45) is 1.69. The van der Waals surface area contributed by atoms with Gasteiger partial charge in [0.05, 0.1) is 24.4 Å². The van der Waals surface area contributed by atoms with Crippen molar-refractivity contribution in [3.8, 4) is 5.75 Å². The fourth-order valence-corrected chi connectivity index (χ4v) is 2.09. The molecule has 0 fully saturated rings. The van der Waals surface area contributed by atoms with Gasteiger partial charge in [0.15, 0.2) is 0 Å². The highest BCUT2D eigenvalue weighted by molar-refractivity contribution is 5.81. The number of benzene rings is 1. The summed E-state index contributed by atoms with van der Waals surface area (Å²) in [5, 5.41) is 5.06. The summed E-state index contributed by atoms with van der Waals surface area (Å²) in [5.41, 5.74) is 5.18. The minimum absolute atomic E-state index is 0.407. The molecule has 112 valence electrons. The second-order valence-electron chi connectivity index (χ2n) is 4.85. The summed E-state index contributed by atoms with van der Waals surface area (Å²) in [7, 11) is 1.64. The highest BCUT2D eigenvalue weighted by Crippen LogP contribution is 2.20. The number of hydrogen-bond acceptors (Lipinski definition) is 6. The minimum atomic E-state index is 0.407. The van der Waals surface area contributed by atoms with Crippen LogP contribution in [0.3, 0.4) is 0 Å². The zero-order valence-electron chi connectivity index (χ0n) is 12.6. The third-order valence-electron chi connectivity index (χ3n) is 3.20. The van der Waals surface area contributed by atoms with E-state index >= 15 is 0 Å². The number of anilines is 1. The maximum absolute atomic E-state index is 5.52. The van der Waals surface area contributed by atoms with E-state index < -0.39 is 0 Å². The topological polar surface area (TPSA) is 72.5 Å². The Morgan fingerprint density at radius 3 is 2.68 bits per heavy atom. The molecule has 3 aromatic rings. The Kier molecular flexibility index (Phi) is 3.74. The number of rotatable bonds is 4. The molecule has 1 N–H and O–H groups in total. The van der Waals surface area contributed by atoms with Crippen molar-refractivity contribution in [1.82, 2.24) is 9.97 Å². The second kappa shape index (κ2) is 5.85. The van der Waals surface area contributed by atoms with Gasteiger partial charge in [-0.1, -0.05) is 0 Å². The lowest BCUT2D eigenvalue weighted by molar-refractivity contribution is 0.415. The van der Waals surface area contributed by atoms with Crippen LogP contribution in [0.2, 0.25) is 0 Å². The normalized spacial score (nSPS) is 11.2. The molecule has 0 aliphatic heterocycles. The predicted molar refractivity (Wildman–Crippen MR) is 85.5 cm³/mol. The lowest BCUT2D eigenvalue weighted by Crippen LogP contribution is -1.98. The molecule has 6 heteroatoms. The van der Waals surface area contributed by atoms with Crippen LogP contribution in [0.15, 0.2) is 39.9 Å². The van der Waals surface area contributed by atoms with Gasteiger partial charge in [-0.25, -0.2) is 10.4 Å². The summed E-state index contributed by atoms with van der Waals surface area (Å²) < 4.78 is 10.6. The smallest absolute Gasteiger partial charge is 0.247 e. The van der Waals surface area contributed by atoms with Gasteiger partial charge in [-0.2, -0.15) is 10.1 Å². The van der Waals surface area contributed by atoms with Crippen LogP contribution in [0.1, 0.15) is 17.0 Å². The van der Waals surface area contributed by atoms with Crippen molar-refractivity contribution in [2.45, 2.75) is 13.8 Å². The number of hydrogen-bond donors (Lipinski definition) is 1. The van der Waals surface area contributed by atoms with Crippen LogP contribution in [0.4, 0.5) is 5.95 Å². The zero-order chi connectivity index (χ0) is 15.5.